The highest BCUT2D eigenvalue weighted by Gasteiger charge is 2.48. The molecule has 2 atom stereocenters. The molecule has 0 saturated carbocycles. The Morgan fingerprint density at radius 2 is 2.28 bits per heavy atom. The molecule has 1 aromatic carbocycles. The molecule has 18 heavy (non-hydrogen) atoms. The van der Waals surface area contributed by atoms with Crippen molar-refractivity contribution in [1.82, 2.24) is 0 Å². The van der Waals surface area contributed by atoms with E-state index < -0.39 is 11.2 Å². The summed E-state index contributed by atoms with van der Waals surface area (Å²) in [5, 5.41) is 5.95. The van der Waals surface area contributed by atoms with E-state index in [-0.39, 0.29) is 17.0 Å². The molecule has 2 aliphatic rings. The maximum Gasteiger partial charge on any atom is 0.234 e. The molecule has 96 valence electrons. The van der Waals surface area contributed by atoms with E-state index in [0.29, 0.717) is 24.6 Å². The lowest BCUT2D eigenvalue weighted by atomic mass is 9.84. The van der Waals surface area contributed by atoms with Gasteiger partial charge in [0.05, 0.1) is 41.1 Å². The summed E-state index contributed by atoms with van der Waals surface area (Å²) >= 11 is 5.75. The Balaban J connectivity index is 2.08. The van der Waals surface area contributed by atoms with Crippen molar-refractivity contribution in [2.24, 2.45) is 5.41 Å². The number of carbonyl (C=O) groups is 1. The standard InChI is InChI=1S/C12H12ClFN2O2/c1-12-5-18-4-10(12)15-8-2-6(13)7(14)3-9(8)16-11(12)17/h2-3,10,15H,4-5H2,1H3,(H,16,17). The molecule has 1 aromatic rings. The van der Waals surface area contributed by atoms with Crippen LogP contribution < -0.4 is 10.6 Å². The van der Waals surface area contributed by atoms with Crippen LogP contribution in [0.15, 0.2) is 12.1 Å². The van der Waals surface area contributed by atoms with Crippen molar-refractivity contribution >= 4 is 28.9 Å². The number of rotatable bonds is 0. The van der Waals surface area contributed by atoms with E-state index >= 15 is 0 Å². The van der Waals surface area contributed by atoms with E-state index in [9.17, 15) is 9.18 Å². The molecule has 1 saturated heterocycles. The van der Waals surface area contributed by atoms with Gasteiger partial charge < -0.3 is 15.4 Å². The van der Waals surface area contributed by atoms with E-state index in [2.05, 4.69) is 10.6 Å². The Morgan fingerprint density at radius 3 is 3.06 bits per heavy atom. The molecule has 0 radical (unpaired) electrons. The first kappa shape index (κ1) is 11.7. The van der Waals surface area contributed by atoms with E-state index in [4.69, 9.17) is 16.3 Å². The summed E-state index contributed by atoms with van der Waals surface area (Å²) in [5.41, 5.74) is 0.383. The number of hydrogen-bond acceptors (Lipinski definition) is 3. The lowest BCUT2D eigenvalue weighted by molar-refractivity contribution is -0.124. The number of hydrogen-bond donors (Lipinski definition) is 2. The van der Waals surface area contributed by atoms with Crippen LogP contribution >= 0.6 is 11.6 Å². The van der Waals surface area contributed by atoms with Crippen LogP contribution in [0.3, 0.4) is 0 Å². The first-order chi connectivity index (χ1) is 8.50. The molecule has 0 aliphatic carbocycles. The van der Waals surface area contributed by atoms with Crippen LogP contribution in [0.5, 0.6) is 0 Å². The molecule has 1 amide bonds. The van der Waals surface area contributed by atoms with Gasteiger partial charge in [0.15, 0.2) is 0 Å². The number of carbonyl (C=O) groups excluding carboxylic acids is 1. The normalized spacial score (nSPS) is 29.9. The molecule has 2 N–H and O–H groups in total. The zero-order valence-corrected chi connectivity index (χ0v) is 10.5. The van der Waals surface area contributed by atoms with Gasteiger partial charge in [-0.2, -0.15) is 0 Å². The van der Waals surface area contributed by atoms with Crippen LogP contribution in [-0.4, -0.2) is 25.2 Å². The largest absolute Gasteiger partial charge is 0.378 e. The summed E-state index contributed by atoms with van der Waals surface area (Å²) in [6.45, 7) is 2.62. The first-order valence-corrected chi connectivity index (χ1v) is 6.03. The number of fused-ring (bicyclic) bond motifs is 2. The van der Waals surface area contributed by atoms with E-state index in [1.165, 1.54) is 12.1 Å². The highest BCUT2D eigenvalue weighted by molar-refractivity contribution is 6.31. The quantitative estimate of drug-likeness (QED) is 0.760. The van der Waals surface area contributed by atoms with Crippen molar-refractivity contribution in [3.8, 4) is 0 Å². The fourth-order valence-electron chi connectivity index (χ4n) is 2.32. The molecular formula is C12H12ClFN2O2. The second-order valence-corrected chi connectivity index (χ2v) is 5.30. The van der Waals surface area contributed by atoms with Crippen LogP contribution in [0, 0.1) is 11.2 Å². The zero-order chi connectivity index (χ0) is 12.9. The molecule has 1 fully saturated rings. The molecule has 0 aromatic heterocycles. The van der Waals surface area contributed by atoms with Gasteiger partial charge in [0.2, 0.25) is 5.91 Å². The van der Waals surface area contributed by atoms with Gasteiger partial charge in [-0.3, -0.25) is 4.79 Å². The number of amides is 1. The average Bonchev–Trinajstić information content (AvgIpc) is 2.64. The highest BCUT2D eigenvalue weighted by atomic mass is 35.5. The molecule has 2 unspecified atom stereocenters. The van der Waals surface area contributed by atoms with Crippen LogP contribution in [0.2, 0.25) is 5.02 Å². The van der Waals surface area contributed by atoms with Crippen molar-refractivity contribution in [3.05, 3.63) is 23.0 Å². The Bertz CT molecular complexity index is 537. The second-order valence-electron chi connectivity index (χ2n) is 4.90. The molecule has 4 nitrogen and oxygen atoms in total. The Morgan fingerprint density at radius 1 is 1.50 bits per heavy atom. The number of halogens is 2. The van der Waals surface area contributed by atoms with Crippen LogP contribution in [-0.2, 0) is 9.53 Å². The van der Waals surface area contributed by atoms with Gasteiger partial charge >= 0.3 is 0 Å². The van der Waals surface area contributed by atoms with Crippen molar-refractivity contribution < 1.29 is 13.9 Å². The van der Waals surface area contributed by atoms with Crippen molar-refractivity contribution in [2.75, 3.05) is 23.8 Å². The average molecular weight is 271 g/mol. The summed E-state index contributed by atoms with van der Waals surface area (Å²) in [6.07, 6.45) is 0. The first-order valence-electron chi connectivity index (χ1n) is 5.65. The van der Waals surface area contributed by atoms with E-state index in [1.54, 1.807) is 0 Å². The summed E-state index contributed by atoms with van der Waals surface area (Å²) in [7, 11) is 0. The second kappa shape index (κ2) is 3.83. The third-order valence-corrected chi connectivity index (χ3v) is 3.90. The molecule has 0 spiro atoms. The number of anilines is 2. The minimum Gasteiger partial charge on any atom is -0.378 e. The monoisotopic (exact) mass is 270 g/mol. The number of benzene rings is 1. The predicted octanol–water partition coefficient (Wildman–Crippen LogP) is 2.25. The maximum atomic E-state index is 13.4. The third-order valence-electron chi connectivity index (χ3n) is 3.61. The number of nitrogens with one attached hydrogen (secondary N) is 2. The van der Waals surface area contributed by atoms with Crippen LogP contribution in [0.1, 0.15) is 6.92 Å². The summed E-state index contributed by atoms with van der Waals surface area (Å²) in [6, 6.07) is 2.57. The molecule has 0 bridgehead atoms. The minimum atomic E-state index is -0.651. The third kappa shape index (κ3) is 1.58. The van der Waals surface area contributed by atoms with Gasteiger partial charge in [-0.25, -0.2) is 4.39 Å². The smallest absolute Gasteiger partial charge is 0.234 e. The van der Waals surface area contributed by atoms with Gasteiger partial charge in [0, 0.05) is 6.07 Å². The van der Waals surface area contributed by atoms with Gasteiger partial charge in [0.1, 0.15) is 5.82 Å². The highest BCUT2D eigenvalue weighted by Crippen LogP contribution is 2.39. The minimum absolute atomic E-state index is 0.0259. The van der Waals surface area contributed by atoms with Crippen molar-refractivity contribution in [1.29, 1.82) is 0 Å². The fourth-order valence-corrected chi connectivity index (χ4v) is 2.48. The maximum absolute atomic E-state index is 13.4. The van der Waals surface area contributed by atoms with E-state index in [0.717, 1.165) is 0 Å². The molecule has 6 heteroatoms. The van der Waals surface area contributed by atoms with Crippen LogP contribution in [0.4, 0.5) is 15.8 Å². The van der Waals surface area contributed by atoms with Gasteiger partial charge in [0.25, 0.3) is 0 Å². The van der Waals surface area contributed by atoms with Crippen molar-refractivity contribution in [2.45, 2.75) is 13.0 Å². The Kier molecular flexibility index (Phi) is 2.50. The lowest BCUT2D eigenvalue weighted by Crippen LogP contribution is -2.44. The molecule has 2 heterocycles. The molecule has 2 aliphatic heterocycles. The SMILES string of the molecule is CC12COCC1Nc1cc(Cl)c(F)cc1NC2=O. The Hall–Kier alpha value is -1.33. The van der Waals surface area contributed by atoms with Gasteiger partial charge in [-0.1, -0.05) is 11.6 Å². The van der Waals surface area contributed by atoms with Crippen LogP contribution in [0.25, 0.3) is 0 Å². The fraction of sp³-hybridized carbons (Fsp3) is 0.417. The molecule has 3 rings (SSSR count). The molecular weight excluding hydrogens is 259 g/mol. The summed E-state index contributed by atoms with van der Waals surface area (Å²) < 4.78 is 18.8. The van der Waals surface area contributed by atoms with Gasteiger partial charge in [-0.15, -0.1) is 0 Å². The van der Waals surface area contributed by atoms with E-state index in [1.807, 2.05) is 6.92 Å². The zero-order valence-electron chi connectivity index (χ0n) is 9.72. The lowest BCUT2D eigenvalue weighted by Gasteiger charge is -2.25. The van der Waals surface area contributed by atoms with Gasteiger partial charge in [-0.05, 0) is 13.0 Å². The van der Waals surface area contributed by atoms with Crippen molar-refractivity contribution in [3.63, 3.8) is 0 Å². The summed E-state index contributed by atoms with van der Waals surface area (Å²) in [4.78, 5) is 12.2. The summed E-state index contributed by atoms with van der Waals surface area (Å²) in [5.74, 6) is -0.719. The Labute approximate surface area is 108 Å². The number of ether oxygens (including phenoxy) is 1. The topological polar surface area (TPSA) is 50.4 Å². The predicted molar refractivity (Wildman–Crippen MR) is 66.4 cm³/mol.